The second kappa shape index (κ2) is 6.66. The third-order valence-electron chi connectivity index (χ3n) is 4.91. The van der Waals surface area contributed by atoms with Crippen LogP contribution in [0.15, 0.2) is 31.0 Å². The molecule has 8 nitrogen and oxygen atoms in total. The Morgan fingerprint density at radius 1 is 1.33 bits per heavy atom. The summed E-state index contributed by atoms with van der Waals surface area (Å²) in [4.78, 5) is 20.9. The fourth-order valence-corrected chi connectivity index (χ4v) is 3.69. The number of carbonyl (C=O) groups excluding carboxylic acids is 1. The predicted octanol–water partition coefficient (Wildman–Crippen LogP) is 0.314. The van der Waals surface area contributed by atoms with Crippen LogP contribution in [0.4, 0.5) is 0 Å². The van der Waals surface area contributed by atoms with E-state index >= 15 is 0 Å². The second-order valence-corrected chi connectivity index (χ2v) is 6.37. The molecule has 24 heavy (non-hydrogen) atoms. The second-order valence-electron chi connectivity index (χ2n) is 6.37. The molecule has 126 valence electrons. The number of nitrogens with zero attached hydrogens (tertiary/aromatic N) is 4. The highest BCUT2D eigenvalue weighted by Gasteiger charge is 2.40. The van der Waals surface area contributed by atoms with Gasteiger partial charge in [0.2, 0.25) is 5.91 Å². The first-order valence-electron chi connectivity index (χ1n) is 8.40. The maximum Gasteiger partial charge on any atom is 0.239 e. The fourth-order valence-electron chi connectivity index (χ4n) is 3.69. The van der Waals surface area contributed by atoms with Gasteiger partial charge in [0.05, 0.1) is 0 Å². The Morgan fingerprint density at radius 3 is 3.12 bits per heavy atom. The molecule has 3 atom stereocenters. The van der Waals surface area contributed by atoms with E-state index in [4.69, 9.17) is 0 Å². The van der Waals surface area contributed by atoms with Crippen LogP contribution < -0.4 is 16.2 Å². The molecule has 1 saturated carbocycles. The summed E-state index contributed by atoms with van der Waals surface area (Å²) in [7, 11) is 0. The topological polar surface area (TPSA) is 96.8 Å². The molecular weight excluding hydrogens is 306 g/mol. The molecule has 1 aliphatic heterocycles. The summed E-state index contributed by atoms with van der Waals surface area (Å²) < 4.78 is 1.61. The standard InChI is InChI=1S/C16H21N7O/c24-16(14-12-5-1-2-6-13(12)21-22-14)19-8-11-4-3-7-18-15(11)23-10-17-9-20-23/h3-4,7,9-10,12-14,21-22H,1-2,5-6,8H2,(H,19,24). The minimum atomic E-state index is -0.165. The van der Waals surface area contributed by atoms with Crippen molar-refractivity contribution >= 4 is 5.91 Å². The number of fused-ring (bicyclic) bond motifs is 1. The van der Waals surface area contributed by atoms with E-state index in [1.165, 1.54) is 19.2 Å². The van der Waals surface area contributed by atoms with Gasteiger partial charge >= 0.3 is 0 Å². The number of carbonyl (C=O) groups is 1. The molecule has 2 aromatic rings. The Labute approximate surface area is 140 Å². The van der Waals surface area contributed by atoms with E-state index < -0.39 is 0 Å². The SMILES string of the molecule is O=C(NCc1cccnc1-n1cncn1)C1NNC2CCCCC21. The van der Waals surface area contributed by atoms with Crippen molar-refractivity contribution in [2.24, 2.45) is 5.92 Å². The van der Waals surface area contributed by atoms with Gasteiger partial charge in [-0.15, -0.1) is 0 Å². The molecule has 4 rings (SSSR count). The molecule has 0 bridgehead atoms. The molecular formula is C16H21N7O. The normalized spacial score (nSPS) is 26.1. The van der Waals surface area contributed by atoms with Gasteiger partial charge in [0, 0.05) is 30.3 Å². The molecule has 3 heterocycles. The third kappa shape index (κ3) is 2.90. The van der Waals surface area contributed by atoms with E-state index in [2.05, 4.69) is 31.2 Å². The van der Waals surface area contributed by atoms with Gasteiger partial charge in [-0.25, -0.2) is 20.1 Å². The smallest absolute Gasteiger partial charge is 0.239 e. The number of amides is 1. The maximum absolute atomic E-state index is 12.6. The van der Waals surface area contributed by atoms with Crippen molar-refractivity contribution < 1.29 is 4.79 Å². The van der Waals surface area contributed by atoms with Crippen molar-refractivity contribution in [3.05, 3.63) is 36.5 Å². The predicted molar refractivity (Wildman–Crippen MR) is 86.8 cm³/mol. The zero-order valence-electron chi connectivity index (χ0n) is 13.4. The van der Waals surface area contributed by atoms with Crippen molar-refractivity contribution in [3.63, 3.8) is 0 Å². The van der Waals surface area contributed by atoms with Gasteiger partial charge in [0.15, 0.2) is 5.82 Å². The van der Waals surface area contributed by atoms with Crippen molar-refractivity contribution in [3.8, 4) is 5.82 Å². The number of nitrogens with one attached hydrogen (secondary N) is 3. The summed E-state index contributed by atoms with van der Waals surface area (Å²) in [5.74, 6) is 1.09. The van der Waals surface area contributed by atoms with E-state index in [9.17, 15) is 4.79 Å². The first-order chi connectivity index (χ1) is 11.8. The highest BCUT2D eigenvalue weighted by atomic mass is 16.2. The average Bonchev–Trinajstić information content (AvgIpc) is 3.29. The van der Waals surface area contributed by atoms with Gasteiger partial charge in [-0.2, -0.15) is 5.10 Å². The van der Waals surface area contributed by atoms with E-state index in [-0.39, 0.29) is 11.9 Å². The Bertz CT molecular complexity index is 702. The lowest BCUT2D eigenvalue weighted by molar-refractivity contribution is -0.124. The molecule has 3 N–H and O–H groups in total. The molecule has 0 radical (unpaired) electrons. The fraction of sp³-hybridized carbons (Fsp3) is 0.500. The number of hydrogen-bond acceptors (Lipinski definition) is 6. The van der Waals surface area contributed by atoms with Crippen molar-refractivity contribution in [1.29, 1.82) is 0 Å². The Balaban J connectivity index is 1.43. The molecule has 1 saturated heterocycles. The van der Waals surface area contributed by atoms with Gasteiger partial charge in [-0.3, -0.25) is 10.2 Å². The minimum absolute atomic E-state index is 0.0327. The van der Waals surface area contributed by atoms with Crippen LogP contribution in [-0.4, -0.2) is 37.7 Å². The van der Waals surface area contributed by atoms with Crippen LogP contribution in [-0.2, 0) is 11.3 Å². The zero-order chi connectivity index (χ0) is 16.4. The van der Waals surface area contributed by atoms with E-state index in [1.807, 2.05) is 12.1 Å². The first kappa shape index (κ1) is 15.2. The van der Waals surface area contributed by atoms with Crippen LogP contribution in [0.5, 0.6) is 0 Å². The van der Waals surface area contributed by atoms with Gasteiger partial charge < -0.3 is 5.32 Å². The quantitative estimate of drug-likeness (QED) is 0.748. The van der Waals surface area contributed by atoms with Gasteiger partial charge in [0.1, 0.15) is 18.7 Å². The van der Waals surface area contributed by atoms with Crippen molar-refractivity contribution in [1.82, 2.24) is 35.9 Å². The van der Waals surface area contributed by atoms with Gasteiger partial charge in [-0.1, -0.05) is 18.9 Å². The average molecular weight is 327 g/mol. The maximum atomic E-state index is 12.6. The summed E-state index contributed by atoms with van der Waals surface area (Å²) in [6.07, 6.45) is 9.45. The number of pyridine rings is 1. The Kier molecular flexibility index (Phi) is 4.22. The minimum Gasteiger partial charge on any atom is -0.350 e. The molecule has 0 spiro atoms. The highest BCUT2D eigenvalue weighted by molar-refractivity contribution is 5.82. The summed E-state index contributed by atoms with van der Waals surface area (Å²) in [5.41, 5.74) is 7.35. The lowest BCUT2D eigenvalue weighted by Gasteiger charge is -2.26. The van der Waals surface area contributed by atoms with Gasteiger partial charge in [0.25, 0.3) is 0 Å². The zero-order valence-corrected chi connectivity index (χ0v) is 13.4. The molecule has 3 unspecified atom stereocenters. The van der Waals surface area contributed by atoms with Crippen LogP contribution in [0.3, 0.4) is 0 Å². The molecule has 1 aliphatic carbocycles. The van der Waals surface area contributed by atoms with E-state index in [0.717, 1.165) is 18.4 Å². The summed E-state index contributed by atoms with van der Waals surface area (Å²) in [5, 5.41) is 7.15. The van der Waals surface area contributed by atoms with Crippen molar-refractivity contribution in [2.75, 3.05) is 0 Å². The Morgan fingerprint density at radius 2 is 2.25 bits per heavy atom. The van der Waals surface area contributed by atoms with Crippen LogP contribution in [0.2, 0.25) is 0 Å². The number of hydrazine groups is 1. The van der Waals surface area contributed by atoms with E-state index in [0.29, 0.717) is 24.3 Å². The van der Waals surface area contributed by atoms with Crippen LogP contribution in [0.1, 0.15) is 31.2 Å². The molecule has 1 amide bonds. The lowest BCUT2D eigenvalue weighted by Crippen LogP contribution is -2.45. The molecule has 2 aromatic heterocycles. The molecule has 0 aromatic carbocycles. The number of aromatic nitrogens is 4. The first-order valence-corrected chi connectivity index (χ1v) is 8.40. The van der Waals surface area contributed by atoms with Gasteiger partial charge in [-0.05, 0) is 18.9 Å². The molecule has 2 aliphatic rings. The monoisotopic (exact) mass is 327 g/mol. The van der Waals surface area contributed by atoms with Crippen LogP contribution in [0, 0.1) is 5.92 Å². The Hall–Kier alpha value is -2.32. The largest absolute Gasteiger partial charge is 0.350 e. The lowest BCUT2D eigenvalue weighted by atomic mass is 9.81. The highest BCUT2D eigenvalue weighted by Crippen LogP contribution is 2.30. The summed E-state index contributed by atoms with van der Waals surface area (Å²) >= 11 is 0. The van der Waals surface area contributed by atoms with Crippen LogP contribution >= 0.6 is 0 Å². The summed E-state index contributed by atoms with van der Waals surface area (Å²) in [6, 6.07) is 4.04. The third-order valence-corrected chi connectivity index (χ3v) is 4.91. The molecule has 2 fully saturated rings. The molecule has 8 heteroatoms. The number of hydrogen-bond donors (Lipinski definition) is 3. The number of rotatable bonds is 4. The van der Waals surface area contributed by atoms with E-state index in [1.54, 1.807) is 17.2 Å². The van der Waals surface area contributed by atoms with Crippen molar-refractivity contribution in [2.45, 2.75) is 44.3 Å². The van der Waals surface area contributed by atoms with Crippen LogP contribution in [0.25, 0.3) is 5.82 Å². The summed E-state index contributed by atoms with van der Waals surface area (Å²) in [6.45, 7) is 0.414.